The van der Waals surface area contributed by atoms with Crippen LogP contribution in [0.1, 0.15) is 39.5 Å². The molecule has 100 valence electrons. The smallest absolute Gasteiger partial charge is 0.0219 e. The summed E-state index contributed by atoms with van der Waals surface area (Å²) in [6.45, 7) is 12.2. The third-order valence-electron chi connectivity index (χ3n) is 4.15. The van der Waals surface area contributed by atoms with E-state index < -0.39 is 0 Å². The molecule has 0 amide bonds. The summed E-state index contributed by atoms with van der Waals surface area (Å²) in [6, 6.07) is 1.62. The second-order valence-electron chi connectivity index (χ2n) is 5.62. The lowest BCUT2D eigenvalue weighted by molar-refractivity contribution is 0.0932. The first-order chi connectivity index (χ1) is 8.33. The van der Waals surface area contributed by atoms with Crippen molar-refractivity contribution in [2.45, 2.75) is 51.6 Å². The Kier molecular flexibility index (Phi) is 5.26. The van der Waals surface area contributed by atoms with Gasteiger partial charge in [0, 0.05) is 44.8 Å². The lowest BCUT2D eigenvalue weighted by Crippen LogP contribution is -2.52. The normalized spacial score (nSPS) is 25.1. The summed E-state index contributed by atoms with van der Waals surface area (Å²) in [5.41, 5.74) is 0. The van der Waals surface area contributed by atoms with E-state index in [-0.39, 0.29) is 0 Å². The molecule has 1 saturated heterocycles. The SMILES string of the molecule is CCCN1CCN(C(CC)CNC2CC2)CC1. The van der Waals surface area contributed by atoms with Crippen LogP contribution in [0.4, 0.5) is 0 Å². The van der Waals surface area contributed by atoms with Crippen LogP contribution in [0.3, 0.4) is 0 Å². The molecule has 1 N–H and O–H groups in total. The second-order valence-corrected chi connectivity index (χ2v) is 5.62. The number of hydrogen-bond acceptors (Lipinski definition) is 3. The van der Waals surface area contributed by atoms with Crippen LogP contribution in [0, 0.1) is 0 Å². The minimum absolute atomic E-state index is 0.763. The first kappa shape index (κ1) is 13.3. The number of hydrogen-bond donors (Lipinski definition) is 1. The van der Waals surface area contributed by atoms with E-state index in [0.29, 0.717) is 0 Å². The Balaban J connectivity index is 1.68. The maximum Gasteiger partial charge on any atom is 0.0219 e. The van der Waals surface area contributed by atoms with Crippen LogP contribution < -0.4 is 5.32 Å². The summed E-state index contributed by atoms with van der Waals surface area (Å²) in [5, 5.41) is 3.69. The Hall–Kier alpha value is -0.120. The van der Waals surface area contributed by atoms with Gasteiger partial charge in [-0.3, -0.25) is 4.90 Å². The van der Waals surface area contributed by atoms with Crippen LogP contribution in [-0.2, 0) is 0 Å². The molecule has 17 heavy (non-hydrogen) atoms. The van der Waals surface area contributed by atoms with Gasteiger partial charge in [-0.05, 0) is 32.2 Å². The Morgan fingerprint density at radius 1 is 1.12 bits per heavy atom. The average molecular weight is 239 g/mol. The Labute approximate surface area is 107 Å². The van der Waals surface area contributed by atoms with Gasteiger partial charge in [0.15, 0.2) is 0 Å². The van der Waals surface area contributed by atoms with Gasteiger partial charge in [-0.15, -0.1) is 0 Å². The Bertz CT molecular complexity index is 208. The van der Waals surface area contributed by atoms with Gasteiger partial charge in [0.2, 0.25) is 0 Å². The zero-order chi connectivity index (χ0) is 12.1. The number of nitrogens with zero attached hydrogens (tertiary/aromatic N) is 2. The molecule has 1 heterocycles. The third-order valence-corrected chi connectivity index (χ3v) is 4.15. The van der Waals surface area contributed by atoms with Crippen LogP contribution >= 0.6 is 0 Å². The lowest BCUT2D eigenvalue weighted by Gasteiger charge is -2.39. The molecule has 0 aromatic carbocycles. The molecule has 3 heteroatoms. The van der Waals surface area contributed by atoms with Crippen molar-refractivity contribution >= 4 is 0 Å². The fourth-order valence-corrected chi connectivity index (χ4v) is 2.79. The summed E-state index contributed by atoms with van der Waals surface area (Å²) in [7, 11) is 0. The molecule has 0 bridgehead atoms. The van der Waals surface area contributed by atoms with E-state index in [4.69, 9.17) is 0 Å². The number of piperazine rings is 1. The highest BCUT2D eigenvalue weighted by Gasteiger charge is 2.25. The van der Waals surface area contributed by atoms with Crippen LogP contribution in [0.2, 0.25) is 0 Å². The minimum atomic E-state index is 0.763. The van der Waals surface area contributed by atoms with E-state index in [9.17, 15) is 0 Å². The van der Waals surface area contributed by atoms with Gasteiger partial charge >= 0.3 is 0 Å². The highest BCUT2D eigenvalue weighted by molar-refractivity contribution is 4.85. The minimum Gasteiger partial charge on any atom is -0.312 e. The van der Waals surface area contributed by atoms with Gasteiger partial charge in [-0.2, -0.15) is 0 Å². The van der Waals surface area contributed by atoms with Gasteiger partial charge in [-0.25, -0.2) is 0 Å². The molecule has 1 atom stereocenters. The first-order valence-corrected chi connectivity index (χ1v) is 7.53. The van der Waals surface area contributed by atoms with Gasteiger partial charge in [0.25, 0.3) is 0 Å². The molecule has 0 aromatic heterocycles. The first-order valence-electron chi connectivity index (χ1n) is 7.53. The zero-order valence-electron chi connectivity index (χ0n) is 11.6. The van der Waals surface area contributed by atoms with Crippen LogP contribution in [0.25, 0.3) is 0 Å². The summed E-state index contributed by atoms with van der Waals surface area (Å²) < 4.78 is 0. The van der Waals surface area contributed by atoms with Crippen molar-refractivity contribution in [2.75, 3.05) is 39.3 Å². The highest BCUT2D eigenvalue weighted by atomic mass is 15.3. The summed E-state index contributed by atoms with van der Waals surface area (Å²) >= 11 is 0. The molecule has 2 fully saturated rings. The lowest BCUT2D eigenvalue weighted by atomic mass is 10.1. The molecular weight excluding hydrogens is 210 g/mol. The summed E-state index contributed by atoms with van der Waals surface area (Å²) in [4.78, 5) is 5.30. The zero-order valence-corrected chi connectivity index (χ0v) is 11.6. The van der Waals surface area contributed by atoms with E-state index in [1.54, 1.807) is 0 Å². The van der Waals surface area contributed by atoms with Crippen molar-refractivity contribution in [1.82, 2.24) is 15.1 Å². The predicted molar refractivity (Wildman–Crippen MR) is 73.4 cm³/mol. The maximum atomic E-state index is 3.69. The molecule has 3 nitrogen and oxygen atoms in total. The van der Waals surface area contributed by atoms with Gasteiger partial charge < -0.3 is 10.2 Å². The quantitative estimate of drug-likeness (QED) is 0.727. The number of nitrogens with one attached hydrogen (secondary N) is 1. The molecule has 0 radical (unpaired) electrons. The van der Waals surface area contributed by atoms with E-state index in [1.807, 2.05) is 0 Å². The van der Waals surface area contributed by atoms with E-state index in [1.165, 1.54) is 65.0 Å². The standard InChI is InChI=1S/C14H29N3/c1-3-7-16-8-10-17(11-9-16)14(4-2)12-15-13-5-6-13/h13-15H,3-12H2,1-2H3. The number of rotatable bonds is 7. The van der Waals surface area contributed by atoms with Gasteiger partial charge in [0.1, 0.15) is 0 Å². The molecule has 1 unspecified atom stereocenters. The monoisotopic (exact) mass is 239 g/mol. The van der Waals surface area contributed by atoms with Crippen molar-refractivity contribution < 1.29 is 0 Å². The summed E-state index contributed by atoms with van der Waals surface area (Å²) in [5.74, 6) is 0. The Morgan fingerprint density at radius 2 is 1.82 bits per heavy atom. The van der Waals surface area contributed by atoms with Crippen molar-refractivity contribution in [3.05, 3.63) is 0 Å². The topological polar surface area (TPSA) is 18.5 Å². The van der Waals surface area contributed by atoms with Crippen molar-refractivity contribution in [3.63, 3.8) is 0 Å². The third kappa shape index (κ3) is 4.23. The molecule has 0 spiro atoms. The molecule has 1 aliphatic heterocycles. The molecule has 2 rings (SSSR count). The average Bonchev–Trinajstić information content (AvgIpc) is 3.16. The molecular formula is C14H29N3. The van der Waals surface area contributed by atoms with Crippen molar-refractivity contribution in [1.29, 1.82) is 0 Å². The van der Waals surface area contributed by atoms with Crippen LogP contribution in [0.5, 0.6) is 0 Å². The highest BCUT2D eigenvalue weighted by Crippen LogP contribution is 2.19. The van der Waals surface area contributed by atoms with Gasteiger partial charge in [-0.1, -0.05) is 13.8 Å². The van der Waals surface area contributed by atoms with Crippen LogP contribution in [-0.4, -0.2) is 61.2 Å². The van der Waals surface area contributed by atoms with E-state index in [0.717, 1.165) is 12.1 Å². The molecule has 0 aromatic rings. The Morgan fingerprint density at radius 3 is 2.35 bits per heavy atom. The predicted octanol–water partition coefficient (Wildman–Crippen LogP) is 1.54. The molecule has 2 aliphatic rings. The van der Waals surface area contributed by atoms with E-state index in [2.05, 4.69) is 29.0 Å². The second kappa shape index (κ2) is 6.72. The fourth-order valence-electron chi connectivity index (χ4n) is 2.79. The largest absolute Gasteiger partial charge is 0.312 e. The maximum absolute atomic E-state index is 3.69. The van der Waals surface area contributed by atoms with Gasteiger partial charge in [0.05, 0.1) is 0 Å². The molecule has 1 saturated carbocycles. The molecule has 1 aliphatic carbocycles. The fraction of sp³-hybridized carbons (Fsp3) is 1.00. The van der Waals surface area contributed by atoms with Crippen LogP contribution in [0.15, 0.2) is 0 Å². The van der Waals surface area contributed by atoms with E-state index >= 15 is 0 Å². The van der Waals surface area contributed by atoms with Crippen molar-refractivity contribution in [3.8, 4) is 0 Å². The van der Waals surface area contributed by atoms with Crippen molar-refractivity contribution in [2.24, 2.45) is 0 Å². The summed E-state index contributed by atoms with van der Waals surface area (Å²) in [6.07, 6.45) is 5.38.